The van der Waals surface area contributed by atoms with Gasteiger partial charge in [-0.25, -0.2) is 0 Å². The molecule has 0 bridgehead atoms. The van der Waals surface area contributed by atoms with Gasteiger partial charge in [-0.1, -0.05) is 12.1 Å². The van der Waals surface area contributed by atoms with Gasteiger partial charge in [0, 0.05) is 13.1 Å². The summed E-state index contributed by atoms with van der Waals surface area (Å²) in [7, 11) is 0. The number of ether oxygens (including phenoxy) is 1. The Bertz CT molecular complexity index is 421. The maximum Gasteiger partial charge on any atom is 0.390 e. The second kappa shape index (κ2) is 7.50. The summed E-state index contributed by atoms with van der Waals surface area (Å²) >= 11 is 0. The van der Waals surface area contributed by atoms with Gasteiger partial charge < -0.3 is 15.2 Å². The number of halogens is 3. The fourth-order valence-electron chi connectivity index (χ4n) is 1.61. The largest absolute Gasteiger partial charge is 0.491 e. The monoisotopic (exact) mass is 291 g/mol. The van der Waals surface area contributed by atoms with E-state index in [-0.39, 0.29) is 19.7 Å². The van der Waals surface area contributed by atoms with E-state index >= 15 is 0 Å². The minimum Gasteiger partial charge on any atom is -0.491 e. The molecule has 6 heteroatoms. The number of aliphatic hydroxyl groups excluding tert-OH is 1. The summed E-state index contributed by atoms with van der Waals surface area (Å²) in [4.78, 5) is 0. The molecule has 0 aromatic heterocycles. The number of aryl methyl sites for hydroxylation is 2. The van der Waals surface area contributed by atoms with E-state index in [2.05, 4.69) is 5.32 Å². The number of alkyl halides is 3. The van der Waals surface area contributed by atoms with Crippen LogP contribution in [0.1, 0.15) is 17.5 Å². The Hall–Kier alpha value is -1.27. The fourth-order valence-corrected chi connectivity index (χ4v) is 1.61. The number of aliphatic hydroxyl groups is 1. The molecule has 0 fully saturated rings. The van der Waals surface area contributed by atoms with Crippen LogP contribution in [0.15, 0.2) is 18.2 Å². The molecule has 1 unspecified atom stereocenters. The number of rotatable bonds is 7. The standard InChI is InChI=1S/C14H20F3NO2/c1-10-3-4-11(2)13(7-10)20-9-12(19)8-18-6-5-14(15,16)17/h3-4,7,12,18-19H,5-6,8-9H2,1-2H3. The average Bonchev–Trinajstić information content (AvgIpc) is 2.34. The zero-order valence-electron chi connectivity index (χ0n) is 11.6. The van der Waals surface area contributed by atoms with Gasteiger partial charge in [0.05, 0.1) is 6.42 Å². The van der Waals surface area contributed by atoms with Crippen molar-refractivity contribution in [1.82, 2.24) is 5.32 Å². The van der Waals surface area contributed by atoms with Crippen LogP contribution in [0.4, 0.5) is 13.2 Å². The van der Waals surface area contributed by atoms with E-state index in [1.807, 2.05) is 32.0 Å². The Morgan fingerprint density at radius 1 is 1.30 bits per heavy atom. The van der Waals surface area contributed by atoms with Gasteiger partial charge in [-0.3, -0.25) is 0 Å². The lowest BCUT2D eigenvalue weighted by Gasteiger charge is -2.15. The molecule has 0 heterocycles. The van der Waals surface area contributed by atoms with Crippen molar-refractivity contribution in [2.24, 2.45) is 0 Å². The summed E-state index contributed by atoms with van der Waals surface area (Å²) in [6, 6.07) is 5.73. The lowest BCUT2D eigenvalue weighted by molar-refractivity contribution is -0.133. The predicted molar refractivity (Wildman–Crippen MR) is 71.0 cm³/mol. The molecule has 3 nitrogen and oxygen atoms in total. The first-order valence-corrected chi connectivity index (χ1v) is 6.43. The molecule has 0 spiro atoms. The third-order valence-corrected chi connectivity index (χ3v) is 2.74. The zero-order chi connectivity index (χ0) is 15.2. The van der Waals surface area contributed by atoms with Crippen molar-refractivity contribution >= 4 is 0 Å². The number of benzene rings is 1. The topological polar surface area (TPSA) is 41.5 Å². The number of hydrogen-bond acceptors (Lipinski definition) is 3. The molecule has 1 aromatic rings. The number of hydrogen-bond donors (Lipinski definition) is 2. The van der Waals surface area contributed by atoms with Gasteiger partial charge in [-0.2, -0.15) is 13.2 Å². The summed E-state index contributed by atoms with van der Waals surface area (Å²) < 4.78 is 41.2. The molecule has 0 amide bonds. The van der Waals surface area contributed by atoms with Crippen LogP contribution in [0.2, 0.25) is 0 Å². The highest BCUT2D eigenvalue weighted by Gasteiger charge is 2.26. The smallest absolute Gasteiger partial charge is 0.390 e. The van der Waals surface area contributed by atoms with Gasteiger partial charge in [-0.15, -0.1) is 0 Å². The molecule has 0 aliphatic carbocycles. The molecule has 1 rings (SSSR count). The molecule has 114 valence electrons. The van der Waals surface area contributed by atoms with E-state index in [1.54, 1.807) is 0 Å². The first-order valence-electron chi connectivity index (χ1n) is 6.43. The van der Waals surface area contributed by atoms with Crippen LogP contribution in [-0.2, 0) is 0 Å². The SMILES string of the molecule is Cc1ccc(C)c(OCC(O)CNCCC(F)(F)F)c1. The van der Waals surface area contributed by atoms with Gasteiger partial charge in [-0.05, 0) is 31.0 Å². The van der Waals surface area contributed by atoms with Gasteiger partial charge in [0.25, 0.3) is 0 Å². The van der Waals surface area contributed by atoms with Gasteiger partial charge in [0.2, 0.25) is 0 Å². The summed E-state index contributed by atoms with van der Waals surface area (Å²) in [6.07, 6.45) is -5.92. The highest BCUT2D eigenvalue weighted by molar-refractivity contribution is 5.35. The number of nitrogens with one attached hydrogen (secondary N) is 1. The summed E-state index contributed by atoms with van der Waals surface area (Å²) in [5.41, 5.74) is 2.00. The molecular weight excluding hydrogens is 271 g/mol. The Morgan fingerprint density at radius 3 is 2.65 bits per heavy atom. The second-order valence-electron chi connectivity index (χ2n) is 4.80. The molecular formula is C14H20F3NO2. The highest BCUT2D eigenvalue weighted by atomic mass is 19.4. The first-order chi connectivity index (χ1) is 9.28. The second-order valence-corrected chi connectivity index (χ2v) is 4.80. The van der Waals surface area contributed by atoms with Crippen molar-refractivity contribution in [3.63, 3.8) is 0 Å². The molecule has 0 radical (unpaired) electrons. The van der Waals surface area contributed by atoms with E-state index in [1.165, 1.54) is 0 Å². The zero-order valence-corrected chi connectivity index (χ0v) is 11.6. The van der Waals surface area contributed by atoms with E-state index < -0.39 is 18.7 Å². The predicted octanol–water partition coefficient (Wildman–Crippen LogP) is 2.59. The minimum atomic E-state index is -4.17. The molecule has 1 aromatic carbocycles. The molecule has 20 heavy (non-hydrogen) atoms. The van der Waals surface area contributed by atoms with Crippen LogP contribution in [-0.4, -0.2) is 37.1 Å². The van der Waals surface area contributed by atoms with Gasteiger partial charge in [0.1, 0.15) is 18.5 Å². The maximum atomic E-state index is 11.9. The summed E-state index contributed by atoms with van der Waals surface area (Å²) in [5.74, 6) is 0.680. The van der Waals surface area contributed by atoms with Gasteiger partial charge in [0.15, 0.2) is 0 Å². The normalized spacial score (nSPS) is 13.3. The van der Waals surface area contributed by atoms with E-state index in [0.717, 1.165) is 11.1 Å². The summed E-state index contributed by atoms with van der Waals surface area (Å²) in [6.45, 7) is 3.73. The fraction of sp³-hybridized carbons (Fsp3) is 0.571. The highest BCUT2D eigenvalue weighted by Crippen LogP contribution is 2.19. The molecule has 2 N–H and O–H groups in total. The molecule has 0 saturated heterocycles. The van der Waals surface area contributed by atoms with Crippen molar-refractivity contribution in [3.8, 4) is 5.75 Å². The van der Waals surface area contributed by atoms with Crippen molar-refractivity contribution < 1.29 is 23.0 Å². The third kappa shape index (κ3) is 6.77. The van der Waals surface area contributed by atoms with Crippen LogP contribution in [0.25, 0.3) is 0 Å². The Balaban J connectivity index is 2.26. The van der Waals surface area contributed by atoms with Crippen molar-refractivity contribution in [3.05, 3.63) is 29.3 Å². The first kappa shape index (κ1) is 16.8. The lowest BCUT2D eigenvalue weighted by atomic mass is 10.1. The van der Waals surface area contributed by atoms with E-state index in [4.69, 9.17) is 4.74 Å². The molecule has 1 atom stereocenters. The Kier molecular flexibility index (Phi) is 6.29. The minimum absolute atomic E-state index is 0.0450. The molecule has 0 aliphatic rings. The lowest BCUT2D eigenvalue weighted by Crippen LogP contribution is -2.33. The van der Waals surface area contributed by atoms with Crippen LogP contribution in [0.5, 0.6) is 5.75 Å². The quantitative estimate of drug-likeness (QED) is 0.759. The average molecular weight is 291 g/mol. The Morgan fingerprint density at radius 2 is 2.00 bits per heavy atom. The summed E-state index contributed by atoms with van der Waals surface area (Å²) in [5, 5.41) is 12.2. The molecule has 0 aliphatic heterocycles. The van der Waals surface area contributed by atoms with Crippen LogP contribution in [0.3, 0.4) is 0 Å². The Labute approximate surface area is 116 Å². The van der Waals surface area contributed by atoms with E-state index in [9.17, 15) is 18.3 Å². The van der Waals surface area contributed by atoms with Crippen molar-refractivity contribution in [2.45, 2.75) is 32.5 Å². The van der Waals surface area contributed by atoms with Crippen molar-refractivity contribution in [2.75, 3.05) is 19.7 Å². The van der Waals surface area contributed by atoms with Gasteiger partial charge >= 0.3 is 6.18 Å². The maximum absolute atomic E-state index is 11.9. The van der Waals surface area contributed by atoms with Crippen LogP contribution in [0, 0.1) is 13.8 Å². The van der Waals surface area contributed by atoms with Crippen LogP contribution >= 0.6 is 0 Å². The van der Waals surface area contributed by atoms with Crippen LogP contribution < -0.4 is 10.1 Å². The van der Waals surface area contributed by atoms with E-state index in [0.29, 0.717) is 5.75 Å². The molecule has 0 saturated carbocycles. The third-order valence-electron chi connectivity index (χ3n) is 2.74. The van der Waals surface area contributed by atoms with Crippen molar-refractivity contribution in [1.29, 1.82) is 0 Å².